The van der Waals surface area contributed by atoms with Crippen molar-refractivity contribution in [2.24, 2.45) is 0 Å². The zero-order valence-electron chi connectivity index (χ0n) is 24.9. The van der Waals surface area contributed by atoms with Crippen LogP contribution >= 0.6 is 0 Å². The fourth-order valence-corrected chi connectivity index (χ4v) is 5.54. The second kappa shape index (κ2) is 13.5. The molecule has 0 bridgehead atoms. The van der Waals surface area contributed by atoms with Crippen molar-refractivity contribution < 1.29 is 18.7 Å². The van der Waals surface area contributed by atoms with Crippen molar-refractivity contribution in [3.63, 3.8) is 0 Å². The summed E-state index contributed by atoms with van der Waals surface area (Å²) >= 11 is 0. The number of benzene rings is 4. The number of hydrogen-bond donors (Lipinski definition) is 2. The van der Waals surface area contributed by atoms with Gasteiger partial charge in [-0.1, -0.05) is 42.5 Å². The number of ether oxygens (including phenoxy) is 2. The van der Waals surface area contributed by atoms with Crippen molar-refractivity contribution >= 4 is 44.9 Å². The summed E-state index contributed by atoms with van der Waals surface area (Å²) in [7, 11) is 3.41. The van der Waals surface area contributed by atoms with Gasteiger partial charge in [0.05, 0.1) is 5.69 Å². The monoisotopic (exact) mass is 585 g/mol. The largest absolute Gasteiger partial charge is 0.455 e. The number of methoxy groups -OCH3 is 2. The van der Waals surface area contributed by atoms with Crippen LogP contribution in [-0.4, -0.2) is 38.3 Å². The van der Waals surface area contributed by atoms with E-state index >= 15 is 0 Å². The van der Waals surface area contributed by atoms with Crippen molar-refractivity contribution in [2.75, 3.05) is 38.1 Å². The van der Waals surface area contributed by atoms with Gasteiger partial charge in [0.15, 0.2) is 0 Å². The Hall–Kier alpha value is -4.98. The number of carbonyl (C=O) groups excluding carboxylic acids is 1. The minimum Gasteiger partial charge on any atom is -0.455 e. The molecule has 7 nitrogen and oxygen atoms in total. The summed E-state index contributed by atoms with van der Waals surface area (Å²) in [6.45, 7) is 1.31. The Morgan fingerprint density at radius 3 is 2.30 bits per heavy atom. The molecule has 0 aliphatic rings. The van der Waals surface area contributed by atoms with Crippen molar-refractivity contribution in [1.82, 2.24) is 4.98 Å². The molecule has 1 amide bonds. The molecule has 6 rings (SSSR count). The quantitative estimate of drug-likeness (QED) is 0.149. The minimum absolute atomic E-state index is 0.150. The lowest BCUT2D eigenvalue weighted by molar-refractivity contribution is 0.102. The Labute approximate surface area is 256 Å². The van der Waals surface area contributed by atoms with Crippen LogP contribution in [0.1, 0.15) is 34.7 Å². The van der Waals surface area contributed by atoms with E-state index in [-0.39, 0.29) is 11.8 Å². The Bertz CT molecular complexity index is 1870. The molecule has 2 heterocycles. The summed E-state index contributed by atoms with van der Waals surface area (Å²) in [6, 6.07) is 33.6. The molecule has 0 saturated carbocycles. The molecular formula is C37H35N3O4. The van der Waals surface area contributed by atoms with E-state index in [0.29, 0.717) is 24.5 Å². The molecule has 0 saturated heterocycles. The van der Waals surface area contributed by atoms with Gasteiger partial charge in [-0.15, -0.1) is 0 Å². The first-order valence-electron chi connectivity index (χ1n) is 14.8. The van der Waals surface area contributed by atoms with Crippen LogP contribution in [0.4, 0.5) is 17.1 Å². The molecule has 7 heteroatoms. The smallest absolute Gasteiger partial charge is 0.255 e. The highest BCUT2D eigenvalue weighted by molar-refractivity contribution is 6.09. The fraction of sp³-hybridized carbons (Fsp3) is 0.189. The molecule has 4 aromatic carbocycles. The average Bonchev–Trinajstić information content (AvgIpc) is 3.45. The summed E-state index contributed by atoms with van der Waals surface area (Å²) in [4.78, 5) is 17.8. The molecule has 0 atom stereocenters. The lowest BCUT2D eigenvalue weighted by Crippen LogP contribution is -2.13. The number of anilines is 3. The molecule has 2 N–H and O–H groups in total. The Kier molecular flexibility index (Phi) is 8.96. The maximum absolute atomic E-state index is 13.1. The first-order valence-corrected chi connectivity index (χ1v) is 14.8. The van der Waals surface area contributed by atoms with Gasteiger partial charge < -0.3 is 24.5 Å². The summed E-state index contributed by atoms with van der Waals surface area (Å²) in [6.07, 6.45) is 3.53. The van der Waals surface area contributed by atoms with Gasteiger partial charge in [-0.25, -0.2) is 0 Å². The predicted molar refractivity (Wildman–Crippen MR) is 177 cm³/mol. The van der Waals surface area contributed by atoms with Gasteiger partial charge in [0, 0.05) is 72.6 Å². The van der Waals surface area contributed by atoms with Gasteiger partial charge in [-0.3, -0.25) is 9.78 Å². The Balaban J connectivity index is 1.14. The van der Waals surface area contributed by atoms with Crippen LogP contribution in [0.25, 0.3) is 33.2 Å². The lowest BCUT2D eigenvalue weighted by atomic mass is 9.91. The summed E-state index contributed by atoms with van der Waals surface area (Å²) in [5.41, 5.74) is 7.67. The fourth-order valence-electron chi connectivity index (χ4n) is 5.54. The van der Waals surface area contributed by atoms with Gasteiger partial charge >= 0.3 is 0 Å². The number of hydrogen-bond acceptors (Lipinski definition) is 6. The first kappa shape index (κ1) is 29.1. The van der Waals surface area contributed by atoms with E-state index in [1.54, 1.807) is 20.4 Å². The third kappa shape index (κ3) is 6.49. The maximum Gasteiger partial charge on any atom is 0.255 e. The number of nitrogens with one attached hydrogen (secondary N) is 2. The number of carbonyl (C=O) groups is 1. The van der Waals surface area contributed by atoms with E-state index in [4.69, 9.17) is 13.9 Å². The summed E-state index contributed by atoms with van der Waals surface area (Å²) < 4.78 is 16.8. The highest BCUT2D eigenvalue weighted by atomic mass is 16.5. The molecule has 0 aliphatic carbocycles. The Morgan fingerprint density at radius 1 is 0.773 bits per heavy atom. The number of fused-ring (bicyclic) bond motifs is 3. The number of nitrogens with zero attached hydrogens (tertiary/aromatic N) is 1. The third-order valence-electron chi connectivity index (χ3n) is 7.83. The molecule has 222 valence electrons. The van der Waals surface area contributed by atoms with Gasteiger partial charge in [0.1, 0.15) is 11.2 Å². The SMILES string of the molecule is COCCC(CCOC)c1cccc(C(=O)Nc2ccc(Nc3ccnc(-c4cccc5c4oc4ccccc45)c3)cc2)c1. The number of pyridine rings is 1. The van der Waals surface area contributed by atoms with E-state index in [2.05, 4.69) is 33.8 Å². The summed E-state index contributed by atoms with van der Waals surface area (Å²) in [5.74, 6) is 0.108. The van der Waals surface area contributed by atoms with Crippen LogP contribution in [-0.2, 0) is 9.47 Å². The predicted octanol–water partition coefficient (Wildman–Crippen LogP) is 8.80. The molecule has 0 unspecified atom stereocenters. The van der Waals surface area contributed by atoms with Crippen LogP contribution in [0.2, 0.25) is 0 Å². The zero-order valence-corrected chi connectivity index (χ0v) is 24.9. The van der Waals surface area contributed by atoms with Crippen molar-refractivity contribution in [1.29, 1.82) is 0 Å². The van der Waals surface area contributed by atoms with Crippen molar-refractivity contribution in [2.45, 2.75) is 18.8 Å². The second-order valence-electron chi connectivity index (χ2n) is 10.8. The summed E-state index contributed by atoms with van der Waals surface area (Å²) in [5, 5.41) is 8.63. The van der Waals surface area contributed by atoms with Crippen molar-refractivity contribution in [3.8, 4) is 11.3 Å². The molecule has 0 radical (unpaired) electrons. The minimum atomic E-state index is -0.150. The van der Waals surface area contributed by atoms with Crippen molar-refractivity contribution in [3.05, 3.63) is 120 Å². The molecule has 44 heavy (non-hydrogen) atoms. The highest BCUT2D eigenvalue weighted by Gasteiger charge is 2.15. The number of rotatable bonds is 12. The Morgan fingerprint density at radius 2 is 1.50 bits per heavy atom. The average molecular weight is 586 g/mol. The molecule has 0 fully saturated rings. The number of aromatic nitrogens is 1. The maximum atomic E-state index is 13.1. The van der Waals surface area contributed by atoms with Gasteiger partial charge in [-0.2, -0.15) is 0 Å². The molecule has 2 aromatic heterocycles. The van der Waals surface area contributed by atoms with E-state index in [0.717, 1.165) is 63.0 Å². The van der Waals surface area contributed by atoms with E-state index in [9.17, 15) is 4.79 Å². The zero-order chi connectivity index (χ0) is 30.3. The van der Waals surface area contributed by atoms with E-state index in [1.807, 2.05) is 84.9 Å². The highest BCUT2D eigenvalue weighted by Crippen LogP contribution is 2.35. The molecular weight excluding hydrogens is 550 g/mol. The molecule has 6 aromatic rings. The lowest BCUT2D eigenvalue weighted by Gasteiger charge is -2.17. The van der Waals surface area contributed by atoms with Gasteiger partial charge in [0.25, 0.3) is 5.91 Å². The van der Waals surface area contributed by atoms with Crippen LogP contribution in [0.15, 0.2) is 114 Å². The number of furan rings is 1. The first-order chi connectivity index (χ1) is 21.6. The molecule has 0 spiro atoms. The van der Waals surface area contributed by atoms with Crippen LogP contribution in [0.3, 0.4) is 0 Å². The topological polar surface area (TPSA) is 85.6 Å². The number of para-hydroxylation sites is 2. The normalized spacial score (nSPS) is 11.3. The van der Waals surface area contributed by atoms with Gasteiger partial charge in [0.2, 0.25) is 0 Å². The van der Waals surface area contributed by atoms with E-state index in [1.165, 1.54) is 0 Å². The molecule has 0 aliphatic heterocycles. The van der Waals surface area contributed by atoms with Crippen LogP contribution in [0.5, 0.6) is 0 Å². The number of amides is 1. The van der Waals surface area contributed by atoms with Crippen LogP contribution in [0, 0.1) is 0 Å². The van der Waals surface area contributed by atoms with Crippen LogP contribution < -0.4 is 10.6 Å². The third-order valence-corrected chi connectivity index (χ3v) is 7.83. The second-order valence-corrected chi connectivity index (χ2v) is 10.8. The van der Waals surface area contributed by atoms with Gasteiger partial charge in [-0.05, 0) is 85.0 Å². The standard InChI is InChI=1S/C37H35N3O4/c1-42-21-18-25(19-22-43-2)26-7-5-8-27(23-26)37(41)40-29-15-13-28(14-16-29)39-30-17-20-38-34(24-30)33-11-6-10-32-31-9-3-4-12-35(31)44-36(32)33/h3-17,20,23-25H,18-19,21-22H2,1-2H3,(H,38,39)(H,40,41). The van der Waals surface area contributed by atoms with E-state index < -0.39 is 0 Å².